The van der Waals surface area contributed by atoms with E-state index in [1.807, 2.05) is 0 Å². The van der Waals surface area contributed by atoms with Crippen molar-refractivity contribution < 1.29 is 18.7 Å². The van der Waals surface area contributed by atoms with Crippen LogP contribution in [0.2, 0.25) is 0 Å². The topological polar surface area (TPSA) is 70.2 Å². The monoisotopic (exact) mass is 237 g/mol. The Labute approximate surface area is 87.5 Å². The van der Waals surface area contributed by atoms with E-state index in [4.69, 9.17) is 16.7 Å². The summed E-state index contributed by atoms with van der Waals surface area (Å²) in [5.74, 6) is -1.87. The van der Waals surface area contributed by atoms with Crippen LogP contribution in [-0.2, 0) is 5.88 Å². The predicted molar refractivity (Wildman–Crippen MR) is 48.5 cm³/mol. The molecule has 0 unspecified atom stereocenters. The molecule has 0 amide bonds. The highest BCUT2D eigenvalue weighted by molar-refractivity contribution is 6.17. The van der Waals surface area contributed by atoms with Gasteiger partial charge in [-0.25, -0.2) is 13.6 Å². The Kier molecular flexibility index (Phi) is 3.41. The Morgan fingerprint density at radius 3 is 2.60 bits per heavy atom. The van der Waals surface area contributed by atoms with Crippen LogP contribution in [0.25, 0.3) is 0 Å². The van der Waals surface area contributed by atoms with Crippen molar-refractivity contribution in [3.8, 4) is 0 Å². The number of aromatic carboxylic acids is 1. The van der Waals surface area contributed by atoms with Gasteiger partial charge in [0.1, 0.15) is 5.56 Å². The first kappa shape index (κ1) is 11.6. The summed E-state index contributed by atoms with van der Waals surface area (Å²) in [6.45, 7) is 0. The summed E-state index contributed by atoms with van der Waals surface area (Å²) < 4.78 is 24.9. The fraction of sp³-hybridized carbons (Fsp3) is 0.250. The first-order valence-electron chi connectivity index (χ1n) is 3.81. The van der Waals surface area contributed by atoms with Gasteiger partial charge in [-0.3, -0.25) is 4.79 Å². The minimum Gasteiger partial charge on any atom is -0.477 e. The number of alkyl halides is 3. The van der Waals surface area contributed by atoms with E-state index in [1.54, 1.807) is 0 Å². The summed E-state index contributed by atoms with van der Waals surface area (Å²) in [4.78, 5) is 24.1. The Morgan fingerprint density at radius 2 is 2.20 bits per heavy atom. The van der Waals surface area contributed by atoms with Gasteiger partial charge in [-0.15, -0.1) is 11.6 Å². The minimum atomic E-state index is -3.05. The van der Waals surface area contributed by atoms with Crippen LogP contribution < -0.4 is 5.43 Å². The SMILES string of the molecule is O=C(O)c1c[nH]c(CCl)c(C(F)F)c1=O. The second-order valence-corrected chi connectivity index (χ2v) is 2.93. The van der Waals surface area contributed by atoms with Crippen LogP contribution in [0.15, 0.2) is 11.0 Å². The van der Waals surface area contributed by atoms with Crippen molar-refractivity contribution in [1.82, 2.24) is 4.98 Å². The molecule has 2 N–H and O–H groups in total. The van der Waals surface area contributed by atoms with Gasteiger partial charge in [-0.1, -0.05) is 0 Å². The Bertz CT molecular complexity index is 444. The van der Waals surface area contributed by atoms with Gasteiger partial charge in [0.25, 0.3) is 6.43 Å². The predicted octanol–water partition coefficient (Wildman–Crippen LogP) is 1.75. The lowest BCUT2D eigenvalue weighted by Crippen LogP contribution is -2.21. The van der Waals surface area contributed by atoms with Gasteiger partial charge in [0.15, 0.2) is 0 Å². The number of aromatic amines is 1. The van der Waals surface area contributed by atoms with Crippen LogP contribution in [0.1, 0.15) is 28.0 Å². The van der Waals surface area contributed by atoms with E-state index in [2.05, 4.69) is 4.98 Å². The van der Waals surface area contributed by atoms with Crippen molar-refractivity contribution in [2.75, 3.05) is 0 Å². The maximum atomic E-state index is 12.4. The Balaban J connectivity index is 3.50. The molecule has 0 aliphatic heterocycles. The van der Waals surface area contributed by atoms with E-state index < -0.39 is 29.0 Å². The molecule has 82 valence electrons. The molecule has 4 nitrogen and oxygen atoms in total. The zero-order valence-corrected chi connectivity index (χ0v) is 8.02. The van der Waals surface area contributed by atoms with Gasteiger partial charge in [0, 0.05) is 11.9 Å². The van der Waals surface area contributed by atoms with E-state index in [1.165, 1.54) is 0 Å². The van der Waals surface area contributed by atoms with E-state index >= 15 is 0 Å². The number of carboxylic acid groups (broad SMARTS) is 1. The molecular formula is C8H6ClF2NO3. The zero-order valence-electron chi connectivity index (χ0n) is 7.26. The van der Waals surface area contributed by atoms with Crippen LogP contribution >= 0.6 is 11.6 Å². The van der Waals surface area contributed by atoms with Crippen molar-refractivity contribution in [2.24, 2.45) is 0 Å². The van der Waals surface area contributed by atoms with Gasteiger partial charge in [0.2, 0.25) is 5.43 Å². The third kappa shape index (κ3) is 2.15. The zero-order chi connectivity index (χ0) is 11.6. The lowest BCUT2D eigenvalue weighted by molar-refractivity contribution is 0.0694. The van der Waals surface area contributed by atoms with Crippen LogP contribution in [-0.4, -0.2) is 16.1 Å². The van der Waals surface area contributed by atoms with Crippen molar-refractivity contribution in [2.45, 2.75) is 12.3 Å². The largest absolute Gasteiger partial charge is 0.477 e. The Morgan fingerprint density at radius 1 is 1.60 bits per heavy atom. The molecule has 0 bridgehead atoms. The number of carboxylic acids is 1. The van der Waals surface area contributed by atoms with Crippen LogP contribution in [0.4, 0.5) is 8.78 Å². The van der Waals surface area contributed by atoms with Crippen molar-refractivity contribution in [3.63, 3.8) is 0 Å². The minimum absolute atomic E-state index is 0.165. The van der Waals surface area contributed by atoms with Crippen LogP contribution in [0.5, 0.6) is 0 Å². The van der Waals surface area contributed by atoms with Crippen molar-refractivity contribution in [3.05, 3.63) is 33.2 Å². The number of aromatic nitrogens is 1. The molecule has 0 saturated carbocycles. The van der Waals surface area contributed by atoms with Gasteiger partial charge >= 0.3 is 5.97 Å². The lowest BCUT2D eigenvalue weighted by atomic mass is 10.1. The molecule has 1 heterocycles. The number of halogens is 3. The molecule has 0 aliphatic carbocycles. The molecule has 15 heavy (non-hydrogen) atoms. The summed E-state index contributed by atoms with van der Waals surface area (Å²) in [6.07, 6.45) is -2.20. The molecule has 0 spiro atoms. The molecule has 0 atom stereocenters. The number of pyridine rings is 1. The second-order valence-electron chi connectivity index (χ2n) is 2.66. The average molecular weight is 238 g/mol. The van der Waals surface area contributed by atoms with E-state index in [0.29, 0.717) is 0 Å². The molecule has 7 heteroatoms. The first-order chi connectivity index (χ1) is 6.99. The number of carbonyl (C=O) groups is 1. The van der Waals surface area contributed by atoms with Gasteiger partial charge in [-0.05, 0) is 0 Å². The summed E-state index contributed by atoms with van der Waals surface area (Å²) in [7, 11) is 0. The molecule has 0 fully saturated rings. The van der Waals surface area contributed by atoms with Crippen molar-refractivity contribution >= 4 is 17.6 Å². The maximum absolute atomic E-state index is 12.4. The molecule has 0 aromatic carbocycles. The number of H-pyrrole nitrogens is 1. The fourth-order valence-electron chi connectivity index (χ4n) is 1.08. The van der Waals surface area contributed by atoms with E-state index in [0.717, 1.165) is 6.20 Å². The highest BCUT2D eigenvalue weighted by Gasteiger charge is 2.22. The number of hydrogen-bond acceptors (Lipinski definition) is 2. The highest BCUT2D eigenvalue weighted by atomic mass is 35.5. The Hall–Kier alpha value is -1.43. The molecular weight excluding hydrogens is 232 g/mol. The average Bonchev–Trinajstić information content (AvgIpc) is 2.15. The smallest absolute Gasteiger partial charge is 0.341 e. The fourth-order valence-corrected chi connectivity index (χ4v) is 1.31. The third-order valence-electron chi connectivity index (χ3n) is 1.79. The van der Waals surface area contributed by atoms with Crippen LogP contribution in [0.3, 0.4) is 0 Å². The third-order valence-corrected chi connectivity index (χ3v) is 2.05. The van der Waals surface area contributed by atoms with Crippen molar-refractivity contribution in [1.29, 1.82) is 0 Å². The second kappa shape index (κ2) is 4.39. The molecule has 1 rings (SSSR count). The van der Waals surface area contributed by atoms with Gasteiger partial charge < -0.3 is 10.1 Å². The summed E-state index contributed by atoms with van der Waals surface area (Å²) in [6, 6.07) is 0. The van der Waals surface area contributed by atoms with Gasteiger partial charge in [-0.2, -0.15) is 0 Å². The summed E-state index contributed by atoms with van der Waals surface area (Å²) in [5, 5.41) is 8.54. The first-order valence-corrected chi connectivity index (χ1v) is 4.34. The molecule has 1 aromatic heterocycles. The molecule has 0 saturated heterocycles. The van der Waals surface area contributed by atoms with Gasteiger partial charge in [0.05, 0.1) is 11.4 Å². The molecule has 0 radical (unpaired) electrons. The normalized spacial score (nSPS) is 10.7. The van der Waals surface area contributed by atoms with Crippen LogP contribution in [0, 0.1) is 0 Å². The standard InChI is InChI=1S/C8H6ClF2NO3/c9-1-4-5(7(10)11)6(13)3(2-12-4)8(14)15/h2,7H,1H2,(H,12,13)(H,14,15). The lowest BCUT2D eigenvalue weighted by Gasteiger charge is -2.06. The molecule has 1 aromatic rings. The summed E-state index contributed by atoms with van der Waals surface area (Å²) in [5.41, 5.74) is -2.97. The van der Waals surface area contributed by atoms with E-state index in [9.17, 15) is 18.4 Å². The number of nitrogens with one attached hydrogen (secondary N) is 1. The van der Waals surface area contributed by atoms with E-state index in [-0.39, 0.29) is 11.6 Å². The number of rotatable bonds is 3. The highest BCUT2D eigenvalue weighted by Crippen LogP contribution is 2.19. The number of hydrogen-bond donors (Lipinski definition) is 2. The summed E-state index contributed by atoms with van der Waals surface area (Å²) >= 11 is 5.33. The maximum Gasteiger partial charge on any atom is 0.341 e. The molecule has 0 aliphatic rings. The quantitative estimate of drug-likeness (QED) is 0.787.